The molecule has 3 aliphatic rings. The second-order valence-corrected chi connectivity index (χ2v) is 14.9. The fraction of sp³-hybridized carbons (Fsp3) is 0.213. The number of hydrogen-bond donors (Lipinski definition) is 0. The van der Waals surface area contributed by atoms with Gasteiger partial charge in [-0.2, -0.15) is 9.67 Å². The van der Waals surface area contributed by atoms with E-state index in [1.165, 1.54) is 14.1 Å². The first kappa shape index (κ1) is 36.6. The van der Waals surface area contributed by atoms with Crippen LogP contribution in [0.5, 0.6) is 0 Å². The summed E-state index contributed by atoms with van der Waals surface area (Å²) in [6, 6.07) is 45.3. The minimum absolute atomic E-state index is 0.0150. The van der Waals surface area contributed by atoms with Crippen molar-refractivity contribution in [3.63, 3.8) is 0 Å². The maximum atomic E-state index is 15.4. The van der Waals surface area contributed by atoms with Gasteiger partial charge in [-0.15, -0.1) is 0 Å². The zero-order valence-corrected chi connectivity index (χ0v) is 31.8. The SMILES string of the molecule is O=C(N=C1N(Cc2ccccc2)[C@@H](Cc2ccccc2)[C@]2(C=C3CCCCC3n3c(=O)n(-c4ccccc4)c(=O)n32)N1C(=O)OCc1ccccc1)c1ccccc1. The highest BCUT2D eigenvalue weighted by Gasteiger charge is 2.63. The van der Waals surface area contributed by atoms with Gasteiger partial charge < -0.3 is 9.64 Å². The molecule has 6 aromatic rings. The number of aliphatic imine (C=N–C) groups is 1. The molecule has 290 valence electrons. The van der Waals surface area contributed by atoms with E-state index in [9.17, 15) is 9.59 Å². The molecule has 0 radical (unpaired) electrons. The summed E-state index contributed by atoms with van der Waals surface area (Å²) in [5, 5.41) is 0. The molecular weight excluding hydrogens is 729 g/mol. The van der Waals surface area contributed by atoms with Gasteiger partial charge in [0.25, 0.3) is 5.91 Å². The lowest BCUT2D eigenvalue weighted by Crippen LogP contribution is -2.62. The molecule has 3 atom stereocenters. The number of carbonyl (C=O) groups excluding carboxylic acids is 2. The van der Waals surface area contributed by atoms with Crippen LogP contribution in [0.4, 0.5) is 4.79 Å². The Hall–Kier alpha value is -7.01. The normalized spacial score (nSPS) is 20.4. The fourth-order valence-electron chi connectivity index (χ4n) is 8.78. The fourth-order valence-corrected chi connectivity index (χ4v) is 8.78. The lowest BCUT2D eigenvalue weighted by Gasteiger charge is -2.45. The second-order valence-electron chi connectivity index (χ2n) is 14.9. The molecule has 5 aromatic carbocycles. The van der Waals surface area contributed by atoms with Crippen molar-refractivity contribution in [3.8, 4) is 5.69 Å². The Balaban J connectivity index is 1.36. The zero-order valence-electron chi connectivity index (χ0n) is 31.8. The van der Waals surface area contributed by atoms with Gasteiger partial charge in [-0.3, -0.25) is 4.79 Å². The average Bonchev–Trinajstić information content (AvgIpc) is 3.67. The number of aromatic nitrogens is 3. The number of benzene rings is 5. The van der Waals surface area contributed by atoms with Crippen LogP contribution in [0, 0.1) is 0 Å². The summed E-state index contributed by atoms with van der Waals surface area (Å²) >= 11 is 0. The summed E-state index contributed by atoms with van der Waals surface area (Å²) in [5.74, 6) is -0.559. The highest BCUT2D eigenvalue weighted by Crippen LogP contribution is 2.48. The van der Waals surface area contributed by atoms with Crippen LogP contribution in [0.3, 0.4) is 0 Å². The number of guanidine groups is 1. The van der Waals surface area contributed by atoms with Crippen LogP contribution < -0.4 is 11.4 Å². The molecule has 11 heteroatoms. The lowest BCUT2D eigenvalue weighted by molar-refractivity contribution is 0.0358. The van der Waals surface area contributed by atoms with Crippen molar-refractivity contribution in [1.29, 1.82) is 0 Å². The number of amides is 2. The third-order valence-electron chi connectivity index (χ3n) is 11.4. The minimum atomic E-state index is -1.73. The Kier molecular flexibility index (Phi) is 9.78. The molecule has 11 nitrogen and oxygen atoms in total. The van der Waals surface area contributed by atoms with Gasteiger partial charge in [-0.25, -0.2) is 28.5 Å². The molecule has 1 unspecified atom stereocenters. The lowest BCUT2D eigenvalue weighted by atomic mass is 9.82. The molecule has 1 saturated carbocycles. The summed E-state index contributed by atoms with van der Waals surface area (Å²) in [6.45, 7) is 0.133. The van der Waals surface area contributed by atoms with Gasteiger partial charge in [-0.1, -0.05) is 134 Å². The largest absolute Gasteiger partial charge is 0.444 e. The van der Waals surface area contributed by atoms with E-state index in [1.807, 2.05) is 114 Å². The number of rotatable bonds is 8. The van der Waals surface area contributed by atoms with E-state index in [0.717, 1.165) is 35.1 Å². The quantitative estimate of drug-likeness (QED) is 0.149. The van der Waals surface area contributed by atoms with Crippen LogP contribution in [-0.2, 0) is 30.0 Å². The number of fused-ring (bicyclic) bond motifs is 4. The highest BCUT2D eigenvalue weighted by molar-refractivity contribution is 6.07. The summed E-state index contributed by atoms with van der Waals surface area (Å²) in [4.78, 5) is 68.1. The van der Waals surface area contributed by atoms with Gasteiger partial charge in [0, 0.05) is 12.1 Å². The highest BCUT2D eigenvalue weighted by atomic mass is 16.6. The maximum absolute atomic E-state index is 15.4. The summed E-state index contributed by atoms with van der Waals surface area (Å²) in [6.07, 6.45) is 4.53. The van der Waals surface area contributed by atoms with E-state index in [1.54, 1.807) is 53.2 Å². The van der Waals surface area contributed by atoms with Gasteiger partial charge in [0.15, 0.2) is 5.66 Å². The van der Waals surface area contributed by atoms with Crippen molar-refractivity contribution in [2.75, 3.05) is 0 Å². The molecule has 0 bridgehead atoms. The van der Waals surface area contributed by atoms with Crippen molar-refractivity contribution in [3.05, 3.63) is 207 Å². The van der Waals surface area contributed by atoms with Crippen LogP contribution in [0.15, 0.2) is 178 Å². The number of carbonyl (C=O) groups is 2. The first-order valence-electron chi connectivity index (χ1n) is 19.7. The van der Waals surface area contributed by atoms with Crippen molar-refractivity contribution >= 4 is 18.0 Å². The monoisotopic (exact) mass is 770 g/mol. The summed E-state index contributed by atoms with van der Waals surface area (Å²) < 4.78 is 10.4. The molecule has 1 spiro atoms. The van der Waals surface area contributed by atoms with Crippen LogP contribution in [-0.4, -0.2) is 47.7 Å². The molecule has 0 N–H and O–H groups in total. The van der Waals surface area contributed by atoms with Gasteiger partial charge in [0.05, 0.1) is 17.8 Å². The van der Waals surface area contributed by atoms with Crippen LogP contribution >= 0.6 is 0 Å². The molecule has 2 fully saturated rings. The third kappa shape index (κ3) is 6.48. The van der Waals surface area contributed by atoms with Crippen molar-refractivity contribution in [2.45, 2.75) is 63.0 Å². The molecule has 3 heterocycles. The zero-order chi connectivity index (χ0) is 39.6. The first-order valence-corrected chi connectivity index (χ1v) is 19.7. The van der Waals surface area contributed by atoms with E-state index in [-0.39, 0.29) is 19.1 Å². The number of para-hydroxylation sites is 1. The van der Waals surface area contributed by atoms with Gasteiger partial charge in [0.2, 0.25) is 5.96 Å². The Morgan fingerprint density at radius 1 is 0.690 bits per heavy atom. The van der Waals surface area contributed by atoms with Crippen molar-refractivity contribution in [2.24, 2.45) is 4.99 Å². The first-order chi connectivity index (χ1) is 28.4. The molecule has 9 rings (SSSR count). The van der Waals surface area contributed by atoms with Gasteiger partial charge in [-0.05, 0) is 78.3 Å². The molecular formula is C47H42N6O5. The average molecular weight is 771 g/mol. The smallest absolute Gasteiger partial charge is 0.419 e. The van der Waals surface area contributed by atoms with E-state index in [2.05, 4.69) is 0 Å². The van der Waals surface area contributed by atoms with Crippen LogP contribution in [0.1, 0.15) is 58.8 Å². The van der Waals surface area contributed by atoms with Crippen LogP contribution in [0.25, 0.3) is 5.69 Å². The van der Waals surface area contributed by atoms with E-state index in [4.69, 9.17) is 9.73 Å². The van der Waals surface area contributed by atoms with Crippen molar-refractivity contribution in [1.82, 2.24) is 23.7 Å². The standard InChI is InChI=1S/C47H42N6O5/c54-42(37-24-12-4-13-25-37)48-43-49(32-35-20-8-2-9-21-35)41(30-34-18-6-1-7-19-34)47(51(43)46(57)58-33-36-22-10-3-11-23-36)31-38-26-16-17-29-40(38)52-44(55)50(45(56)53(47)52)39-27-14-5-15-28-39/h1-15,18-25,27-28,31,40-41H,16-17,26,29-30,32-33H2/t40?,41-,47+/m0/s1. The predicted molar refractivity (Wildman–Crippen MR) is 220 cm³/mol. The van der Waals surface area contributed by atoms with E-state index >= 15 is 9.59 Å². The summed E-state index contributed by atoms with van der Waals surface area (Å²) in [7, 11) is 0. The van der Waals surface area contributed by atoms with E-state index in [0.29, 0.717) is 30.5 Å². The second kappa shape index (κ2) is 15.5. The topological polar surface area (TPSA) is 111 Å². The number of allylic oxidation sites excluding steroid dienone is 1. The van der Waals surface area contributed by atoms with Gasteiger partial charge in [0.1, 0.15) is 6.61 Å². The number of nitrogens with zero attached hydrogens (tertiary/aromatic N) is 6. The number of hydrogen-bond acceptors (Lipinski definition) is 5. The molecule has 1 aliphatic carbocycles. The Bertz CT molecular complexity index is 2620. The molecule has 2 amide bonds. The molecule has 1 aromatic heterocycles. The Morgan fingerprint density at radius 2 is 1.28 bits per heavy atom. The minimum Gasteiger partial charge on any atom is -0.444 e. The molecule has 1 saturated heterocycles. The molecule has 2 aliphatic heterocycles. The maximum Gasteiger partial charge on any atom is 0.419 e. The Labute approximate surface area is 335 Å². The third-order valence-corrected chi connectivity index (χ3v) is 11.4. The van der Waals surface area contributed by atoms with Crippen LogP contribution in [0.2, 0.25) is 0 Å². The predicted octanol–water partition coefficient (Wildman–Crippen LogP) is 7.47. The molecule has 58 heavy (non-hydrogen) atoms. The summed E-state index contributed by atoms with van der Waals surface area (Å²) in [5.41, 5.74) is 1.38. The number of ether oxygens (including phenoxy) is 1. The Morgan fingerprint density at radius 3 is 1.93 bits per heavy atom. The van der Waals surface area contributed by atoms with Crippen molar-refractivity contribution < 1.29 is 14.3 Å². The van der Waals surface area contributed by atoms with E-state index < -0.39 is 41.1 Å². The van der Waals surface area contributed by atoms with Gasteiger partial charge >= 0.3 is 17.5 Å².